The van der Waals surface area contributed by atoms with Crippen molar-refractivity contribution in [2.45, 2.75) is 51.9 Å². The van der Waals surface area contributed by atoms with Gasteiger partial charge in [0.15, 0.2) is 5.78 Å². The van der Waals surface area contributed by atoms with Gasteiger partial charge in [-0.25, -0.2) is 0 Å². The average Bonchev–Trinajstić information content (AvgIpc) is 2.80. The number of Topliss-reactive ketones (excluding diaryl/α,β-unsaturated/α-hetero) is 1. The van der Waals surface area contributed by atoms with Crippen LogP contribution in [0.4, 0.5) is 0 Å². The van der Waals surface area contributed by atoms with Crippen molar-refractivity contribution < 1.29 is 19.5 Å². The van der Waals surface area contributed by atoms with Gasteiger partial charge in [0.05, 0.1) is 0 Å². The third-order valence-corrected chi connectivity index (χ3v) is 3.85. The molecule has 0 radical (unpaired) electrons. The number of aliphatic carboxylic acids is 1. The zero-order valence-electron chi connectivity index (χ0n) is 12.6. The molecule has 1 fully saturated rings. The maximum Gasteiger partial charge on any atom is 0.303 e. The monoisotopic (exact) mass is 292 g/mol. The molecule has 0 heterocycles. The molecule has 0 aromatic carbocycles. The van der Waals surface area contributed by atoms with E-state index in [1.54, 1.807) is 6.08 Å². The van der Waals surface area contributed by atoms with Crippen molar-refractivity contribution >= 4 is 17.5 Å². The SMILES string of the molecule is CCC(=O)C=CC1CCC(=O)C1CC=CCCCC(=O)O. The molecule has 0 bridgehead atoms. The van der Waals surface area contributed by atoms with E-state index in [-0.39, 0.29) is 29.8 Å². The number of carboxylic acids is 1. The predicted octanol–water partition coefficient (Wildman–Crippen LogP) is 3.32. The maximum atomic E-state index is 11.9. The van der Waals surface area contributed by atoms with Crippen LogP contribution in [0.25, 0.3) is 0 Å². The first-order valence-corrected chi connectivity index (χ1v) is 7.65. The zero-order chi connectivity index (χ0) is 15.7. The van der Waals surface area contributed by atoms with Crippen LogP contribution in [0.3, 0.4) is 0 Å². The third-order valence-electron chi connectivity index (χ3n) is 3.85. The molecule has 1 N–H and O–H groups in total. The summed E-state index contributed by atoms with van der Waals surface area (Å²) in [7, 11) is 0. The summed E-state index contributed by atoms with van der Waals surface area (Å²) < 4.78 is 0. The molecule has 0 aromatic heterocycles. The van der Waals surface area contributed by atoms with Crippen LogP contribution in [0.1, 0.15) is 51.9 Å². The van der Waals surface area contributed by atoms with Gasteiger partial charge in [-0.15, -0.1) is 0 Å². The number of unbranched alkanes of at least 4 members (excludes halogenated alkanes) is 1. The van der Waals surface area contributed by atoms with Crippen LogP contribution in [0.5, 0.6) is 0 Å². The van der Waals surface area contributed by atoms with Gasteiger partial charge < -0.3 is 5.11 Å². The maximum absolute atomic E-state index is 11.9. The van der Waals surface area contributed by atoms with Crippen molar-refractivity contribution in [3.8, 4) is 0 Å². The minimum Gasteiger partial charge on any atom is -0.481 e. The van der Waals surface area contributed by atoms with E-state index in [9.17, 15) is 14.4 Å². The van der Waals surface area contributed by atoms with Gasteiger partial charge in [0.1, 0.15) is 5.78 Å². The summed E-state index contributed by atoms with van der Waals surface area (Å²) in [6, 6.07) is 0. The molecule has 21 heavy (non-hydrogen) atoms. The zero-order valence-corrected chi connectivity index (χ0v) is 12.6. The quantitative estimate of drug-likeness (QED) is 0.402. The van der Waals surface area contributed by atoms with Crippen molar-refractivity contribution in [2.24, 2.45) is 11.8 Å². The van der Waals surface area contributed by atoms with Crippen LogP contribution in [-0.2, 0) is 14.4 Å². The van der Waals surface area contributed by atoms with E-state index in [0.717, 1.165) is 12.8 Å². The van der Waals surface area contributed by atoms with Crippen LogP contribution in [-0.4, -0.2) is 22.6 Å². The Labute approximate surface area is 125 Å². The van der Waals surface area contributed by atoms with Crippen LogP contribution < -0.4 is 0 Å². The summed E-state index contributed by atoms with van der Waals surface area (Å²) in [6.45, 7) is 1.82. The Morgan fingerprint density at radius 1 is 1.33 bits per heavy atom. The first-order chi connectivity index (χ1) is 10.0. The average molecular weight is 292 g/mol. The van der Waals surface area contributed by atoms with E-state index in [4.69, 9.17) is 5.11 Å². The van der Waals surface area contributed by atoms with Gasteiger partial charge in [-0.05, 0) is 37.7 Å². The lowest BCUT2D eigenvalue weighted by Crippen LogP contribution is -2.12. The Hall–Kier alpha value is -1.71. The fourth-order valence-electron chi connectivity index (χ4n) is 2.55. The van der Waals surface area contributed by atoms with Crippen molar-refractivity contribution in [3.63, 3.8) is 0 Å². The molecule has 1 aliphatic rings. The number of carbonyl (C=O) groups excluding carboxylic acids is 2. The van der Waals surface area contributed by atoms with Gasteiger partial charge in [0.2, 0.25) is 0 Å². The lowest BCUT2D eigenvalue weighted by molar-refractivity contribution is -0.137. The molecule has 4 heteroatoms. The minimum atomic E-state index is -0.778. The molecule has 0 spiro atoms. The fraction of sp³-hybridized carbons (Fsp3) is 0.588. The summed E-state index contributed by atoms with van der Waals surface area (Å²) in [5.41, 5.74) is 0. The van der Waals surface area contributed by atoms with E-state index >= 15 is 0 Å². The van der Waals surface area contributed by atoms with E-state index in [1.807, 2.05) is 25.2 Å². The van der Waals surface area contributed by atoms with Crippen molar-refractivity contribution in [1.82, 2.24) is 0 Å². The van der Waals surface area contributed by atoms with Crippen LogP contribution in [0.2, 0.25) is 0 Å². The van der Waals surface area contributed by atoms with E-state index in [0.29, 0.717) is 25.7 Å². The van der Waals surface area contributed by atoms with Crippen LogP contribution in [0, 0.1) is 11.8 Å². The molecule has 0 aliphatic heterocycles. The lowest BCUT2D eigenvalue weighted by Gasteiger charge is -2.12. The molecule has 1 saturated carbocycles. The number of hydrogen-bond donors (Lipinski definition) is 1. The van der Waals surface area contributed by atoms with E-state index < -0.39 is 5.97 Å². The number of carbonyl (C=O) groups is 3. The molecule has 1 aliphatic carbocycles. The van der Waals surface area contributed by atoms with E-state index in [2.05, 4.69) is 0 Å². The molecule has 116 valence electrons. The summed E-state index contributed by atoms with van der Waals surface area (Å²) in [5.74, 6) is -0.278. The van der Waals surface area contributed by atoms with Gasteiger partial charge in [0, 0.05) is 25.2 Å². The molecule has 0 aromatic rings. The van der Waals surface area contributed by atoms with Gasteiger partial charge in [-0.2, -0.15) is 0 Å². The topological polar surface area (TPSA) is 71.4 Å². The Morgan fingerprint density at radius 2 is 2.10 bits per heavy atom. The second kappa shape index (κ2) is 9.27. The van der Waals surface area contributed by atoms with Crippen molar-refractivity contribution in [3.05, 3.63) is 24.3 Å². The highest BCUT2D eigenvalue weighted by Crippen LogP contribution is 2.32. The van der Waals surface area contributed by atoms with Gasteiger partial charge in [-0.3, -0.25) is 14.4 Å². The standard InChI is InChI=1S/C17H24O4/c1-2-14(18)11-9-13-10-12-16(19)15(13)7-5-3-4-6-8-17(20)21/h3,5,9,11,13,15H,2,4,6-8,10,12H2,1H3,(H,20,21). The smallest absolute Gasteiger partial charge is 0.303 e. The molecular formula is C17H24O4. The highest BCUT2D eigenvalue weighted by atomic mass is 16.4. The Bertz CT molecular complexity index is 434. The third kappa shape index (κ3) is 6.52. The summed E-state index contributed by atoms with van der Waals surface area (Å²) in [6.07, 6.45) is 11.5. The summed E-state index contributed by atoms with van der Waals surface area (Å²) >= 11 is 0. The second-order valence-corrected chi connectivity index (χ2v) is 5.45. The van der Waals surface area contributed by atoms with Crippen molar-refractivity contribution in [2.75, 3.05) is 0 Å². The van der Waals surface area contributed by atoms with Crippen LogP contribution >= 0.6 is 0 Å². The van der Waals surface area contributed by atoms with E-state index in [1.165, 1.54) is 0 Å². The predicted molar refractivity (Wildman–Crippen MR) is 80.9 cm³/mol. The largest absolute Gasteiger partial charge is 0.481 e. The molecular weight excluding hydrogens is 268 g/mol. The minimum absolute atomic E-state index is 0.0263. The van der Waals surface area contributed by atoms with Gasteiger partial charge in [0.25, 0.3) is 0 Å². The number of rotatable bonds is 9. The number of hydrogen-bond acceptors (Lipinski definition) is 3. The second-order valence-electron chi connectivity index (χ2n) is 5.45. The van der Waals surface area contributed by atoms with Gasteiger partial charge in [-0.1, -0.05) is 25.2 Å². The summed E-state index contributed by atoms with van der Waals surface area (Å²) in [4.78, 5) is 33.6. The highest BCUT2D eigenvalue weighted by Gasteiger charge is 2.31. The first-order valence-electron chi connectivity index (χ1n) is 7.65. The highest BCUT2D eigenvalue weighted by molar-refractivity contribution is 5.90. The Kier molecular flexibility index (Phi) is 7.65. The first kappa shape index (κ1) is 17.3. The summed E-state index contributed by atoms with van der Waals surface area (Å²) in [5, 5.41) is 8.53. The number of allylic oxidation sites excluding steroid dienone is 4. The molecule has 0 amide bonds. The lowest BCUT2D eigenvalue weighted by atomic mass is 9.91. The molecule has 2 atom stereocenters. The number of carboxylic acid groups (broad SMARTS) is 1. The van der Waals surface area contributed by atoms with Gasteiger partial charge >= 0.3 is 5.97 Å². The van der Waals surface area contributed by atoms with Crippen molar-refractivity contribution in [1.29, 1.82) is 0 Å². The molecule has 0 saturated heterocycles. The number of ketones is 2. The van der Waals surface area contributed by atoms with Crippen LogP contribution in [0.15, 0.2) is 24.3 Å². The molecule has 1 rings (SSSR count). The Balaban J connectivity index is 2.41. The fourth-order valence-corrected chi connectivity index (χ4v) is 2.55. The molecule has 2 unspecified atom stereocenters. The molecule has 4 nitrogen and oxygen atoms in total. The Morgan fingerprint density at radius 3 is 2.76 bits per heavy atom. The normalized spacial score (nSPS) is 22.4.